The molecule has 2 N–H and O–H groups in total. The summed E-state index contributed by atoms with van der Waals surface area (Å²) >= 11 is 1.59. The molecule has 0 aliphatic carbocycles. The fourth-order valence-electron chi connectivity index (χ4n) is 3.29. The molecule has 0 fully saturated rings. The lowest BCUT2D eigenvalue weighted by Crippen LogP contribution is -2.13. The molecule has 0 saturated heterocycles. The summed E-state index contributed by atoms with van der Waals surface area (Å²) in [7, 11) is -3.82. The summed E-state index contributed by atoms with van der Waals surface area (Å²) in [4.78, 5) is 17.7. The van der Waals surface area contributed by atoms with E-state index >= 15 is 0 Å². The summed E-state index contributed by atoms with van der Waals surface area (Å²) < 4.78 is 28.7. The number of sulfonamides is 1. The quantitative estimate of drug-likeness (QED) is 0.300. The van der Waals surface area contributed by atoms with Crippen LogP contribution in [0.4, 0.5) is 11.6 Å². The molecule has 4 aromatic rings. The third-order valence-corrected chi connectivity index (χ3v) is 7.57. The van der Waals surface area contributed by atoms with Crippen molar-refractivity contribution in [3.63, 3.8) is 0 Å². The second-order valence-corrected chi connectivity index (χ2v) is 11.4. The second-order valence-electron chi connectivity index (χ2n) is 8.86. The third-order valence-electron chi connectivity index (χ3n) is 5.06. The average molecular weight is 509 g/mol. The van der Waals surface area contributed by atoms with Gasteiger partial charge in [-0.25, -0.2) is 23.4 Å². The van der Waals surface area contributed by atoms with Crippen LogP contribution in [0.1, 0.15) is 38.6 Å². The minimum Gasteiger partial charge on any atom is -0.354 e. The van der Waals surface area contributed by atoms with Gasteiger partial charge in [0.15, 0.2) is 0 Å². The highest BCUT2D eigenvalue weighted by Crippen LogP contribution is 2.33. The van der Waals surface area contributed by atoms with Crippen molar-refractivity contribution in [2.75, 3.05) is 16.6 Å². The monoisotopic (exact) mass is 508 g/mol. The van der Waals surface area contributed by atoms with E-state index in [1.807, 2.05) is 11.4 Å². The lowest BCUT2D eigenvalue weighted by Gasteiger charge is -2.13. The van der Waals surface area contributed by atoms with Crippen LogP contribution in [0.25, 0.3) is 22.5 Å². The topological polar surface area (TPSA) is 110 Å². The molecule has 0 spiro atoms. The number of anilines is 2. The van der Waals surface area contributed by atoms with E-state index in [-0.39, 0.29) is 4.90 Å². The first-order chi connectivity index (χ1) is 16.7. The van der Waals surface area contributed by atoms with Crippen LogP contribution in [-0.4, -0.2) is 34.9 Å². The Morgan fingerprint density at radius 3 is 2.40 bits per heavy atom. The van der Waals surface area contributed by atoms with E-state index in [2.05, 4.69) is 52.7 Å². The minimum absolute atomic E-state index is 0.0879. The summed E-state index contributed by atoms with van der Waals surface area (Å²) in [6.45, 7) is 9.16. The summed E-state index contributed by atoms with van der Waals surface area (Å²) in [5.41, 5.74) is 3.42. The normalized spacial score (nSPS) is 11.7. The van der Waals surface area contributed by atoms with Crippen LogP contribution in [0.2, 0.25) is 0 Å². The Morgan fingerprint density at radius 1 is 0.971 bits per heavy atom. The van der Waals surface area contributed by atoms with Crippen molar-refractivity contribution in [2.24, 2.45) is 5.92 Å². The lowest BCUT2D eigenvalue weighted by molar-refractivity contribution is 0.601. The van der Waals surface area contributed by atoms with Gasteiger partial charge in [-0.15, -0.1) is 11.3 Å². The van der Waals surface area contributed by atoms with E-state index in [1.165, 1.54) is 18.5 Å². The molecule has 1 aromatic carbocycles. The van der Waals surface area contributed by atoms with Crippen LogP contribution >= 0.6 is 11.3 Å². The van der Waals surface area contributed by atoms with Gasteiger partial charge < -0.3 is 5.32 Å². The third kappa shape index (κ3) is 6.20. The molecule has 0 radical (unpaired) electrons. The standard InChI is InChI=1S/C25H28N6O2S2/c1-16(2)13-28-25-27-9-7-22(30-25)18-10-19(23-15-34-24(29-23)17(3)4)12-20(11-18)31-35(32,33)21-6-5-8-26-14-21/h5-12,14-17,31H,13H2,1-4H3,(H,27,28,30). The van der Waals surface area contributed by atoms with Gasteiger partial charge in [0.2, 0.25) is 5.95 Å². The minimum atomic E-state index is -3.82. The first-order valence-electron chi connectivity index (χ1n) is 11.3. The van der Waals surface area contributed by atoms with E-state index in [4.69, 9.17) is 4.98 Å². The van der Waals surface area contributed by atoms with Gasteiger partial charge in [0.05, 0.1) is 22.1 Å². The molecule has 0 aliphatic heterocycles. The molecule has 4 rings (SSSR count). The lowest BCUT2D eigenvalue weighted by atomic mass is 10.0. The molecule has 3 aromatic heterocycles. The van der Waals surface area contributed by atoms with E-state index < -0.39 is 10.0 Å². The van der Waals surface area contributed by atoms with E-state index in [1.54, 1.807) is 41.8 Å². The van der Waals surface area contributed by atoms with Gasteiger partial charge >= 0.3 is 0 Å². The first kappa shape index (κ1) is 24.7. The predicted molar refractivity (Wildman–Crippen MR) is 141 cm³/mol. The number of hydrogen-bond acceptors (Lipinski definition) is 8. The van der Waals surface area contributed by atoms with Crippen molar-refractivity contribution in [3.8, 4) is 22.5 Å². The number of hydrogen-bond donors (Lipinski definition) is 2. The smallest absolute Gasteiger partial charge is 0.263 e. The summed E-state index contributed by atoms with van der Waals surface area (Å²) in [5.74, 6) is 1.27. The molecule has 3 heterocycles. The van der Waals surface area contributed by atoms with Crippen LogP contribution in [-0.2, 0) is 10.0 Å². The van der Waals surface area contributed by atoms with Crippen LogP contribution in [0.3, 0.4) is 0 Å². The van der Waals surface area contributed by atoms with Crippen LogP contribution in [0.5, 0.6) is 0 Å². The fraction of sp³-hybridized carbons (Fsp3) is 0.280. The Hall–Kier alpha value is -3.37. The van der Waals surface area contributed by atoms with Crippen LogP contribution in [0, 0.1) is 5.92 Å². The predicted octanol–water partition coefficient (Wildman–Crippen LogP) is 5.65. The Kier molecular flexibility index (Phi) is 7.42. The zero-order valence-corrected chi connectivity index (χ0v) is 21.7. The highest BCUT2D eigenvalue weighted by Gasteiger charge is 2.17. The number of nitrogens with one attached hydrogen (secondary N) is 2. The van der Waals surface area contributed by atoms with Gasteiger partial charge in [0.1, 0.15) is 4.90 Å². The molecular formula is C25H28N6O2S2. The van der Waals surface area contributed by atoms with Gasteiger partial charge in [-0.3, -0.25) is 9.71 Å². The Bertz CT molecular complexity index is 1400. The maximum Gasteiger partial charge on any atom is 0.263 e. The number of rotatable bonds is 9. The van der Waals surface area contributed by atoms with Crippen LogP contribution < -0.4 is 10.0 Å². The highest BCUT2D eigenvalue weighted by molar-refractivity contribution is 7.92. The van der Waals surface area contributed by atoms with Gasteiger partial charge in [-0.2, -0.15) is 0 Å². The van der Waals surface area contributed by atoms with E-state index in [9.17, 15) is 8.42 Å². The van der Waals surface area contributed by atoms with Gasteiger partial charge in [-0.1, -0.05) is 27.7 Å². The Balaban J connectivity index is 1.77. The SMILES string of the molecule is CC(C)CNc1nccc(-c2cc(NS(=O)(=O)c3cccnc3)cc(-c3csc(C(C)C)n3)c2)n1. The number of thiazole rings is 1. The van der Waals surface area contributed by atoms with Crippen molar-refractivity contribution < 1.29 is 8.42 Å². The number of aromatic nitrogens is 4. The van der Waals surface area contributed by atoms with Crippen molar-refractivity contribution in [1.82, 2.24) is 19.9 Å². The summed E-state index contributed by atoms with van der Waals surface area (Å²) in [6, 6.07) is 10.4. The molecule has 182 valence electrons. The summed E-state index contributed by atoms with van der Waals surface area (Å²) in [5, 5.41) is 6.25. The molecule has 0 saturated carbocycles. The first-order valence-corrected chi connectivity index (χ1v) is 13.7. The zero-order valence-electron chi connectivity index (χ0n) is 20.1. The van der Waals surface area contributed by atoms with E-state index in [0.717, 1.165) is 28.4 Å². The highest BCUT2D eigenvalue weighted by atomic mass is 32.2. The fourth-order valence-corrected chi connectivity index (χ4v) is 5.14. The van der Waals surface area contributed by atoms with Crippen molar-refractivity contribution in [1.29, 1.82) is 0 Å². The maximum absolute atomic E-state index is 13.0. The average Bonchev–Trinajstić information content (AvgIpc) is 3.34. The molecule has 0 amide bonds. The van der Waals surface area contributed by atoms with Gasteiger partial charge in [0.25, 0.3) is 10.0 Å². The Morgan fingerprint density at radius 2 is 1.74 bits per heavy atom. The molecule has 0 unspecified atom stereocenters. The van der Waals surface area contributed by atoms with Crippen molar-refractivity contribution in [3.05, 3.63) is 65.4 Å². The largest absolute Gasteiger partial charge is 0.354 e. The maximum atomic E-state index is 13.0. The number of benzene rings is 1. The molecule has 0 atom stereocenters. The van der Waals surface area contributed by atoms with Gasteiger partial charge in [-0.05, 0) is 42.3 Å². The zero-order chi connectivity index (χ0) is 25.0. The molecule has 0 bridgehead atoms. The van der Waals surface area contributed by atoms with Gasteiger partial charge in [0, 0.05) is 47.6 Å². The Labute approximate surface area is 210 Å². The summed E-state index contributed by atoms with van der Waals surface area (Å²) in [6.07, 6.45) is 4.54. The van der Waals surface area contributed by atoms with Crippen molar-refractivity contribution >= 4 is 33.0 Å². The molecule has 0 aliphatic rings. The second kappa shape index (κ2) is 10.5. The molecular weight excluding hydrogens is 480 g/mol. The molecule has 35 heavy (non-hydrogen) atoms. The molecule has 8 nitrogen and oxygen atoms in total. The van der Waals surface area contributed by atoms with Crippen molar-refractivity contribution in [2.45, 2.75) is 38.5 Å². The molecule has 10 heteroatoms. The number of pyridine rings is 1. The number of nitrogens with zero attached hydrogens (tertiary/aromatic N) is 4. The van der Waals surface area contributed by atoms with Crippen LogP contribution in [0.15, 0.2) is 65.3 Å². The van der Waals surface area contributed by atoms with E-state index in [0.29, 0.717) is 29.2 Å².